The Hall–Kier alpha value is -2.23. The lowest BCUT2D eigenvalue weighted by Crippen LogP contribution is -2.12. The van der Waals surface area contributed by atoms with Gasteiger partial charge in [0.2, 0.25) is 0 Å². The molecule has 1 aliphatic carbocycles. The Bertz CT molecular complexity index is 865. The summed E-state index contributed by atoms with van der Waals surface area (Å²) in [5.41, 5.74) is 4.23. The molecule has 0 aliphatic heterocycles. The highest BCUT2D eigenvalue weighted by atomic mass is 19.1. The molecule has 0 radical (unpaired) electrons. The summed E-state index contributed by atoms with van der Waals surface area (Å²) in [6, 6.07) is 8.95. The molecule has 4 rings (SSSR count). The lowest BCUT2D eigenvalue weighted by Gasteiger charge is -2.10. The maximum Gasteiger partial charge on any atom is 0.126 e. The van der Waals surface area contributed by atoms with E-state index in [0.29, 0.717) is 12.1 Å². The average molecular weight is 312 g/mol. The molecular formula is C19H18F2N2. The van der Waals surface area contributed by atoms with Crippen LogP contribution in [-0.4, -0.2) is 15.7 Å². The summed E-state index contributed by atoms with van der Waals surface area (Å²) < 4.78 is 29.5. The van der Waals surface area contributed by atoms with Crippen LogP contribution in [0.2, 0.25) is 0 Å². The molecule has 0 amide bonds. The van der Waals surface area contributed by atoms with Crippen LogP contribution >= 0.6 is 0 Å². The Kier molecular flexibility index (Phi) is 3.40. The molecule has 4 heteroatoms. The number of halogens is 2. The molecule has 3 aromatic rings. The molecule has 2 nitrogen and oxygen atoms in total. The second kappa shape index (κ2) is 5.44. The van der Waals surface area contributed by atoms with E-state index in [9.17, 15) is 8.78 Å². The van der Waals surface area contributed by atoms with Gasteiger partial charge in [0.25, 0.3) is 0 Å². The number of benzene rings is 1. The summed E-state index contributed by atoms with van der Waals surface area (Å²) in [5.74, 6) is 0.0132. The van der Waals surface area contributed by atoms with E-state index in [0.717, 1.165) is 35.0 Å². The van der Waals surface area contributed by atoms with Gasteiger partial charge in [-0.25, -0.2) is 8.78 Å². The highest BCUT2D eigenvalue weighted by Gasteiger charge is 2.31. The van der Waals surface area contributed by atoms with Crippen molar-refractivity contribution in [3.63, 3.8) is 0 Å². The van der Waals surface area contributed by atoms with Crippen LogP contribution in [0.15, 0.2) is 42.7 Å². The van der Waals surface area contributed by atoms with Crippen molar-refractivity contribution < 1.29 is 8.78 Å². The van der Waals surface area contributed by atoms with Gasteiger partial charge in [-0.1, -0.05) is 6.07 Å². The number of alkyl halides is 1. The van der Waals surface area contributed by atoms with Gasteiger partial charge in [0.05, 0.1) is 17.6 Å². The molecule has 1 fully saturated rings. The maximum atomic E-state index is 14.1. The zero-order valence-electron chi connectivity index (χ0n) is 13.0. The molecule has 118 valence electrons. The van der Waals surface area contributed by atoms with Gasteiger partial charge in [-0.2, -0.15) is 0 Å². The van der Waals surface area contributed by atoms with E-state index < -0.39 is 6.17 Å². The monoisotopic (exact) mass is 312 g/mol. The molecule has 2 heterocycles. The minimum Gasteiger partial charge on any atom is -0.343 e. The van der Waals surface area contributed by atoms with E-state index >= 15 is 0 Å². The van der Waals surface area contributed by atoms with Crippen LogP contribution < -0.4 is 0 Å². The number of aryl methyl sites for hydroxylation is 1. The summed E-state index contributed by atoms with van der Waals surface area (Å²) in [4.78, 5) is 4.46. The van der Waals surface area contributed by atoms with Crippen LogP contribution in [-0.2, 0) is 6.54 Å². The Morgan fingerprint density at radius 3 is 2.78 bits per heavy atom. The molecule has 0 spiro atoms. The van der Waals surface area contributed by atoms with Crippen LogP contribution in [0.3, 0.4) is 0 Å². The van der Waals surface area contributed by atoms with E-state index in [1.807, 2.05) is 29.0 Å². The maximum absolute atomic E-state index is 14.1. The number of fused-ring (bicyclic) bond motifs is 1. The molecule has 2 aromatic heterocycles. The fraction of sp³-hybridized carbons (Fsp3) is 0.316. The standard InChI is InChI=1S/C19H18F2N2/c1-12-8-14(4-5-16(12)20)15-9-19-18(22-10-15)6-7-23(19)11-17(21)13-2-3-13/h4-10,13,17H,2-3,11H2,1H3. The van der Waals surface area contributed by atoms with Crippen LogP contribution in [0.5, 0.6) is 0 Å². The zero-order valence-corrected chi connectivity index (χ0v) is 13.0. The molecule has 0 bridgehead atoms. The van der Waals surface area contributed by atoms with E-state index in [1.165, 1.54) is 6.07 Å². The largest absolute Gasteiger partial charge is 0.343 e. The van der Waals surface area contributed by atoms with Crippen molar-refractivity contribution in [3.8, 4) is 11.1 Å². The van der Waals surface area contributed by atoms with Crippen LogP contribution in [0, 0.1) is 18.7 Å². The van der Waals surface area contributed by atoms with E-state index in [2.05, 4.69) is 4.98 Å². The highest BCUT2D eigenvalue weighted by molar-refractivity contribution is 5.81. The number of nitrogens with zero attached hydrogens (tertiary/aromatic N) is 2. The Labute approximate surface area is 133 Å². The molecule has 1 aliphatic rings. The number of aromatic nitrogens is 2. The predicted molar refractivity (Wildman–Crippen MR) is 87.5 cm³/mol. The van der Waals surface area contributed by atoms with Gasteiger partial charge in [0.1, 0.15) is 12.0 Å². The molecule has 0 N–H and O–H groups in total. The predicted octanol–water partition coefficient (Wildman–Crippen LogP) is 4.90. The zero-order chi connectivity index (χ0) is 16.0. The number of hydrogen-bond donors (Lipinski definition) is 0. The molecular weight excluding hydrogens is 294 g/mol. The van der Waals surface area contributed by atoms with Gasteiger partial charge in [0.15, 0.2) is 0 Å². The summed E-state index contributed by atoms with van der Waals surface area (Å²) in [6.07, 6.45) is 4.89. The second-order valence-corrected chi connectivity index (χ2v) is 6.41. The molecule has 1 aromatic carbocycles. The molecule has 23 heavy (non-hydrogen) atoms. The van der Waals surface area contributed by atoms with Crippen molar-refractivity contribution >= 4 is 11.0 Å². The van der Waals surface area contributed by atoms with Crippen molar-refractivity contribution in [2.24, 2.45) is 5.92 Å². The topological polar surface area (TPSA) is 17.8 Å². The lowest BCUT2D eigenvalue weighted by atomic mass is 10.0. The third kappa shape index (κ3) is 2.74. The van der Waals surface area contributed by atoms with Crippen molar-refractivity contribution in [2.75, 3.05) is 0 Å². The van der Waals surface area contributed by atoms with Crippen LogP contribution in [0.1, 0.15) is 18.4 Å². The fourth-order valence-corrected chi connectivity index (χ4v) is 3.00. The number of pyridine rings is 1. The van der Waals surface area contributed by atoms with Crippen molar-refractivity contribution in [3.05, 3.63) is 54.1 Å². The smallest absolute Gasteiger partial charge is 0.126 e. The van der Waals surface area contributed by atoms with E-state index in [4.69, 9.17) is 0 Å². The first kappa shape index (κ1) is 14.4. The van der Waals surface area contributed by atoms with Crippen molar-refractivity contribution in [1.29, 1.82) is 0 Å². The third-order valence-corrected chi connectivity index (χ3v) is 4.62. The average Bonchev–Trinajstić information content (AvgIpc) is 3.33. The molecule has 1 saturated carbocycles. The molecule has 0 saturated heterocycles. The second-order valence-electron chi connectivity index (χ2n) is 6.41. The van der Waals surface area contributed by atoms with Crippen LogP contribution in [0.25, 0.3) is 22.2 Å². The third-order valence-electron chi connectivity index (χ3n) is 4.62. The van der Waals surface area contributed by atoms with Gasteiger partial charge in [-0.05, 0) is 61.1 Å². The SMILES string of the molecule is Cc1cc(-c2cnc3ccn(CC(F)C4CC4)c3c2)ccc1F. The van der Waals surface area contributed by atoms with Gasteiger partial charge in [-0.15, -0.1) is 0 Å². The lowest BCUT2D eigenvalue weighted by molar-refractivity contribution is 0.265. The van der Waals surface area contributed by atoms with Gasteiger partial charge in [0, 0.05) is 18.0 Å². The van der Waals surface area contributed by atoms with E-state index in [1.54, 1.807) is 19.2 Å². The summed E-state index contributed by atoms with van der Waals surface area (Å²) in [7, 11) is 0. The minimum absolute atomic E-state index is 0.212. The quantitative estimate of drug-likeness (QED) is 0.670. The summed E-state index contributed by atoms with van der Waals surface area (Å²) in [5, 5.41) is 0. The van der Waals surface area contributed by atoms with Crippen molar-refractivity contribution in [1.82, 2.24) is 9.55 Å². The summed E-state index contributed by atoms with van der Waals surface area (Å²) in [6.45, 7) is 2.12. The molecule has 1 atom stereocenters. The number of hydrogen-bond acceptors (Lipinski definition) is 1. The Morgan fingerprint density at radius 1 is 1.22 bits per heavy atom. The van der Waals surface area contributed by atoms with E-state index in [-0.39, 0.29) is 11.7 Å². The summed E-state index contributed by atoms with van der Waals surface area (Å²) >= 11 is 0. The first-order chi connectivity index (χ1) is 11.1. The Balaban J connectivity index is 1.72. The highest BCUT2D eigenvalue weighted by Crippen LogP contribution is 2.35. The normalized spacial score (nSPS) is 16.0. The molecule has 1 unspecified atom stereocenters. The van der Waals surface area contributed by atoms with Gasteiger partial charge in [-0.3, -0.25) is 4.98 Å². The van der Waals surface area contributed by atoms with Gasteiger partial charge < -0.3 is 4.57 Å². The Morgan fingerprint density at radius 2 is 2.04 bits per heavy atom. The fourth-order valence-electron chi connectivity index (χ4n) is 3.00. The van der Waals surface area contributed by atoms with Gasteiger partial charge >= 0.3 is 0 Å². The first-order valence-corrected chi connectivity index (χ1v) is 7.97. The van der Waals surface area contributed by atoms with Crippen molar-refractivity contribution in [2.45, 2.75) is 32.5 Å². The first-order valence-electron chi connectivity index (χ1n) is 7.97. The number of rotatable bonds is 4. The van der Waals surface area contributed by atoms with Crippen LogP contribution in [0.4, 0.5) is 8.78 Å². The minimum atomic E-state index is -0.790.